The lowest BCUT2D eigenvalue weighted by atomic mass is 10.0. The van der Waals surface area contributed by atoms with Gasteiger partial charge in [0.2, 0.25) is 11.8 Å². The molecule has 1 aliphatic carbocycles. The van der Waals surface area contributed by atoms with Crippen LogP contribution in [-0.4, -0.2) is 35.3 Å². The largest absolute Gasteiger partial charge is 0.350 e. The number of hydrogen-bond donors (Lipinski definition) is 1. The van der Waals surface area contributed by atoms with E-state index in [-0.39, 0.29) is 17.4 Å². The van der Waals surface area contributed by atoms with Crippen molar-refractivity contribution in [2.45, 2.75) is 56.9 Å². The molecule has 2 amide bonds. The molecule has 1 aromatic carbocycles. The Kier molecular flexibility index (Phi) is 5.44. The summed E-state index contributed by atoms with van der Waals surface area (Å²) in [5.41, 5.74) is 1.10. The van der Waals surface area contributed by atoms with Crippen LogP contribution in [0.3, 0.4) is 0 Å². The van der Waals surface area contributed by atoms with Gasteiger partial charge in [-0.25, -0.2) is 0 Å². The van der Waals surface area contributed by atoms with Crippen LogP contribution >= 0.6 is 11.6 Å². The zero-order valence-electron chi connectivity index (χ0n) is 14.0. The van der Waals surface area contributed by atoms with E-state index >= 15 is 0 Å². The second-order valence-corrected chi connectivity index (χ2v) is 7.51. The molecule has 5 heteroatoms. The molecule has 0 radical (unpaired) electrons. The molecular weight excluding hydrogens is 324 g/mol. The first-order valence-corrected chi connectivity index (χ1v) is 9.27. The van der Waals surface area contributed by atoms with Gasteiger partial charge in [-0.1, -0.05) is 30.2 Å². The maximum absolute atomic E-state index is 12.3. The number of carbonyl (C=O) groups excluding carboxylic acids is 2. The Bertz CT molecular complexity index is 596. The number of benzene rings is 1. The summed E-state index contributed by atoms with van der Waals surface area (Å²) in [6, 6.07) is 7.81. The molecule has 130 valence electrons. The van der Waals surface area contributed by atoms with Crippen LogP contribution in [0.15, 0.2) is 24.3 Å². The number of rotatable bonds is 6. The fourth-order valence-electron chi connectivity index (χ4n) is 3.36. The highest BCUT2D eigenvalue weighted by Gasteiger charge is 2.43. The maximum atomic E-state index is 12.3. The number of likely N-dealkylation sites (tertiary alicyclic amines) is 1. The van der Waals surface area contributed by atoms with Gasteiger partial charge in [-0.05, 0) is 49.8 Å². The van der Waals surface area contributed by atoms with Crippen LogP contribution in [0.25, 0.3) is 0 Å². The molecule has 2 aliphatic rings. The molecule has 1 saturated carbocycles. The van der Waals surface area contributed by atoms with E-state index in [0.29, 0.717) is 19.4 Å². The summed E-state index contributed by atoms with van der Waals surface area (Å²) in [5, 5.41) is 3.92. The van der Waals surface area contributed by atoms with Crippen molar-refractivity contribution in [3.05, 3.63) is 34.9 Å². The summed E-state index contributed by atoms with van der Waals surface area (Å²) in [6.07, 6.45) is 7.04. The average Bonchev–Trinajstić information content (AvgIpc) is 3.33. The third kappa shape index (κ3) is 4.73. The maximum Gasteiger partial charge on any atom is 0.222 e. The van der Waals surface area contributed by atoms with E-state index in [1.165, 1.54) is 5.56 Å². The van der Waals surface area contributed by atoms with E-state index in [1.807, 2.05) is 29.2 Å². The summed E-state index contributed by atoms with van der Waals surface area (Å²) < 4.78 is 0. The van der Waals surface area contributed by atoms with Crippen LogP contribution < -0.4 is 5.32 Å². The molecule has 3 rings (SSSR count). The van der Waals surface area contributed by atoms with E-state index in [1.54, 1.807) is 0 Å². The van der Waals surface area contributed by atoms with Crippen LogP contribution in [0.5, 0.6) is 0 Å². The minimum absolute atomic E-state index is 0.0542. The summed E-state index contributed by atoms with van der Waals surface area (Å²) in [4.78, 5) is 26.1. The van der Waals surface area contributed by atoms with Gasteiger partial charge in [0.05, 0.1) is 0 Å². The molecule has 0 atom stereocenters. The Morgan fingerprint density at radius 3 is 2.62 bits per heavy atom. The van der Waals surface area contributed by atoms with E-state index in [2.05, 4.69) is 5.32 Å². The van der Waals surface area contributed by atoms with Crippen molar-refractivity contribution in [1.82, 2.24) is 10.2 Å². The molecule has 4 nitrogen and oxygen atoms in total. The lowest BCUT2D eigenvalue weighted by Crippen LogP contribution is -2.41. The van der Waals surface area contributed by atoms with Gasteiger partial charge in [-0.2, -0.15) is 0 Å². The van der Waals surface area contributed by atoms with Gasteiger partial charge >= 0.3 is 0 Å². The Morgan fingerprint density at radius 1 is 1.17 bits per heavy atom. The monoisotopic (exact) mass is 348 g/mol. The minimum Gasteiger partial charge on any atom is -0.350 e. The standard InChI is InChI=1S/C19H25ClN2O2/c20-16-7-5-15(6-8-16)14-19(10-11-19)21-17(23)9-13-22-12-3-1-2-4-18(22)24/h5-8H,1-4,9-14H2,(H,21,23). The van der Waals surface area contributed by atoms with Gasteiger partial charge < -0.3 is 10.2 Å². The predicted molar refractivity (Wildman–Crippen MR) is 94.9 cm³/mol. The van der Waals surface area contributed by atoms with Crippen LogP contribution in [0.2, 0.25) is 5.02 Å². The molecule has 1 N–H and O–H groups in total. The van der Waals surface area contributed by atoms with Crippen molar-refractivity contribution >= 4 is 23.4 Å². The Balaban J connectivity index is 1.47. The lowest BCUT2D eigenvalue weighted by molar-refractivity contribution is -0.131. The summed E-state index contributed by atoms with van der Waals surface area (Å²) in [6.45, 7) is 1.34. The van der Waals surface area contributed by atoms with Crippen molar-refractivity contribution < 1.29 is 9.59 Å². The number of halogens is 1. The Hall–Kier alpha value is -1.55. The summed E-state index contributed by atoms with van der Waals surface area (Å²) in [5.74, 6) is 0.251. The molecular formula is C19H25ClN2O2. The topological polar surface area (TPSA) is 49.4 Å². The smallest absolute Gasteiger partial charge is 0.222 e. The van der Waals surface area contributed by atoms with Crippen molar-refractivity contribution in [2.75, 3.05) is 13.1 Å². The number of hydrogen-bond acceptors (Lipinski definition) is 2. The van der Waals surface area contributed by atoms with E-state index in [4.69, 9.17) is 11.6 Å². The molecule has 0 spiro atoms. The summed E-state index contributed by atoms with van der Waals surface area (Å²) in [7, 11) is 0. The Labute approximate surface area is 148 Å². The van der Waals surface area contributed by atoms with Crippen molar-refractivity contribution in [3.8, 4) is 0 Å². The molecule has 1 aromatic rings. The quantitative estimate of drug-likeness (QED) is 0.857. The molecule has 0 unspecified atom stereocenters. The SMILES string of the molecule is O=C(CCN1CCCCCC1=O)NC1(Cc2ccc(Cl)cc2)CC1. The van der Waals surface area contributed by atoms with E-state index in [0.717, 1.165) is 50.1 Å². The highest BCUT2D eigenvalue weighted by molar-refractivity contribution is 6.30. The number of nitrogens with zero attached hydrogens (tertiary/aromatic N) is 1. The van der Waals surface area contributed by atoms with Gasteiger partial charge in [0, 0.05) is 36.5 Å². The second kappa shape index (κ2) is 7.56. The van der Waals surface area contributed by atoms with Crippen molar-refractivity contribution in [3.63, 3.8) is 0 Å². The molecule has 1 saturated heterocycles. The first-order chi connectivity index (χ1) is 11.6. The number of nitrogens with one attached hydrogen (secondary N) is 1. The van der Waals surface area contributed by atoms with Gasteiger partial charge in [-0.15, -0.1) is 0 Å². The highest BCUT2D eigenvalue weighted by Crippen LogP contribution is 2.38. The van der Waals surface area contributed by atoms with E-state index < -0.39 is 0 Å². The molecule has 2 fully saturated rings. The van der Waals surface area contributed by atoms with E-state index in [9.17, 15) is 9.59 Å². The zero-order chi connectivity index (χ0) is 17.0. The number of carbonyl (C=O) groups is 2. The van der Waals surface area contributed by atoms with Gasteiger partial charge in [-0.3, -0.25) is 9.59 Å². The fraction of sp³-hybridized carbons (Fsp3) is 0.579. The van der Waals surface area contributed by atoms with Gasteiger partial charge in [0.1, 0.15) is 0 Å². The first kappa shape index (κ1) is 17.3. The third-order valence-electron chi connectivity index (χ3n) is 4.99. The second-order valence-electron chi connectivity index (χ2n) is 7.07. The third-order valence-corrected chi connectivity index (χ3v) is 5.25. The van der Waals surface area contributed by atoms with Crippen LogP contribution in [0, 0.1) is 0 Å². The molecule has 0 aromatic heterocycles. The fourth-order valence-corrected chi connectivity index (χ4v) is 3.49. The Morgan fingerprint density at radius 2 is 1.92 bits per heavy atom. The van der Waals surface area contributed by atoms with Gasteiger partial charge in [0.15, 0.2) is 0 Å². The average molecular weight is 349 g/mol. The molecule has 24 heavy (non-hydrogen) atoms. The highest BCUT2D eigenvalue weighted by atomic mass is 35.5. The predicted octanol–water partition coefficient (Wildman–Crippen LogP) is 3.32. The van der Waals surface area contributed by atoms with Crippen molar-refractivity contribution in [1.29, 1.82) is 0 Å². The first-order valence-electron chi connectivity index (χ1n) is 8.90. The molecule has 0 bridgehead atoms. The van der Waals surface area contributed by atoms with Gasteiger partial charge in [0.25, 0.3) is 0 Å². The molecule has 1 aliphatic heterocycles. The van der Waals surface area contributed by atoms with Crippen LogP contribution in [-0.2, 0) is 16.0 Å². The summed E-state index contributed by atoms with van der Waals surface area (Å²) >= 11 is 5.92. The minimum atomic E-state index is -0.0896. The van der Waals surface area contributed by atoms with Crippen LogP contribution in [0.1, 0.15) is 50.5 Å². The zero-order valence-corrected chi connectivity index (χ0v) is 14.8. The number of amides is 2. The lowest BCUT2D eigenvalue weighted by Gasteiger charge is -2.22. The molecule has 1 heterocycles. The normalized spacial score (nSPS) is 19.7. The van der Waals surface area contributed by atoms with Crippen LogP contribution in [0.4, 0.5) is 0 Å². The van der Waals surface area contributed by atoms with Crippen molar-refractivity contribution in [2.24, 2.45) is 0 Å².